The molecule has 3 aromatic rings. The third-order valence-corrected chi connectivity index (χ3v) is 9.29. The number of aromatic nitrogens is 1. The van der Waals surface area contributed by atoms with E-state index in [1.807, 2.05) is 4.90 Å². The summed E-state index contributed by atoms with van der Waals surface area (Å²) in [7, 11) is -1.88. The first-order valence-electron chi connectivity index (χ1n) is 10.8. The number of hydrogen-bond donors (Lipinski definition) is 0. The van der Waals surface area contributed by atoms with Gasteiger partial charge >= 0.3 is 0 Å². The molecule has 0 unspecified atom stereocenters. The molecule has 1 saturated heterocycles. The quantitative estimate of drug-likeness (QED) is 0.572. The molecular weight excluding hydrogens is 444 g/mol. The van der Waals surface area contributed by atoms with Gasteiger partial charge < -0.3 is 9.80 Å². The lowest BCUT2D eigenvalue weighted by atomic mass is 10.2. The van der Waals surface area contributed by atoms with E-state index < -0.39 is 10.0 Å². The highest BCUT2D eigenvalue weighted by molar-refractivity contribution is 7.89. The van der Waals surface area contributed by atoms with Gasteiger partial charge in [0.25, 0.3) is 5.91 Å². The first-order chi connectivity index (χ1) is 15.3. The number of thiazole rings is 1. The molecule has 1 aromatic heterocycles. The summed E-state index contributed by atoms with van der Waals surface area (Å²) in [4.78, 5) is 22.1. The predicted molar refractivity (Wildman–Crippen MR) is 127 cm³/mol. The van der Waals surface area contributed by atoms with E-state index in [0.717, 1.165) is 36.6 Å². The van der Waals surface area contributed by atoms with Crippen LogP contribution in [0, 0.1) is 6.92 Å². The molecule has 5 rings (SSSR count). The lowest BCUT2D eigenvalue weighted by Crippen LogP contribution is -2.48. The first-order valence-corrected chi connectivity index (χ1v) is 13.1. The topological polar surface area (TPSA) is 73.8 Å². The van der Waals surface area contributed by atoms with E-state index in [-0.39, 0.29) is 16.8 Å². The monoisotopic (exact) mass is 470 g/mol. The van der Waals surface area contributed by atoms with Gasteiger partial charge in [-0.1, -0.05) is 23.5 Å². The fraction of sp³-hybridized carbons (Fsp3) is 0.391. The number of amides is 1. The molecule has 32 heavy (non-hydrogen) atoms. The van der Waals surface area contributed by atoms with E-state index in [2.05, 4.69) is 30.0 Å². The van der Waals surface area contributed by atoms with Gasteiger partial charge in [-0.05, 0) is 55.7 Å². The maximum absolute atomic E-state index is 13.0. The summed E-state index contributed by atoms with van der Waals surface area (Å²) >= 11 is 1.69. The molecule has 0 atom stereocenters. The summed E-state index contributed by atoms with van der Waals surface area (Å²) in [6.45, 7) is 4.74. The van der Waals surface area contributed by atoms with Gasteiger partial charge in [0.05, 0.1) is 15.1 Å². The van der Waals surface area contributed by atoms with Crippen LogP contribution in [0.15, 0.2) is 47.4 Å². The summed E-state index contributed by atoms with van der Waals surface area (Å²) in [5, 5.41) is 0.996. The highest BCUT2D eigenvalue weighted by Crippen LogP contribution is 2.32. The number of fused-ring (bicyclic) bond motifs is 1. The highest BCUT2D eigenvalue weighted by atomic mass is 32.2. The second-order valence-electron chi connectivity index (χ2n) is 8.47. The van der Waals surface area contributed by atoms with Crippen molar-refractivity contribution in [1.29, 1.82) is 0 Å². The molecule has 2 aromatic carbocycles. The minimum absolute atomic E-state index is 0.0655. The Morgan fingerprint density at radius 3 is 2.38 bits per heavy atom. The third-order valence-electron chi connectivity index (χ3n) is 6.29. The molecule has 1 aliphatic heterocycles. The smallest absolute Gasteiger partial charge is 0.253 e. The average Bonchev–Trinajstić information content (AvgIpc) is 3.56. The first kappa shape index (κ1) is 21.4. The third kappa shape index (κ3) is 3.89. The zero-order chi connectivity index (χ0) is 22.5. The van der Waals surface area contributed by atoms with Crippen LogP contribution in [-0.2, 0) is 10.0 Å². The predicted octanol–water partition coefficient (Wildman–Crippen LogP) is 3.35. The van der Waals surface area contributed by atoms with Crippen LogP contribution in [0.5, 0.6) is 0 Å². The summed E-state index contributed by atoms with van der Waals surface area (Å²) in [6.07, 6.45) is 1.82. The molecular formula is C23H26N4O3S2. The SMILES string of the molecule is Cc1cccc2sc(N3CCN(C(=O)c4ccc(S(=O)(=O)N(C)C5CC5)cc4)CC3)nc12. The van der Waals surface area contributed by atoms with Crippen molar-refractivity contribution in [2.45, 2.75) is 30.7 Å². The van der Waals surface area contributed by atoms with E-state index in [1.165, 1.54) is 14.6 Å². The Morgan fingerprint density at radius 2 is 1.75 bits per heavy atom. The Bertz CT molecular complexity index is 1260. The minimum atomic E-state index is -3.50. The van der Waals surface area contributed by atoms with Crippen molar-refractivity contribution in [3.63, 3.8) is 0 Å². The fourth-order valence-corrected chi connectivity index (χ4v) is 6.57. The number of carbonyl (C=O) groups excluding carboxylic acids is 1. The molecule has 2 aliphatic rings. The van der Waals surface area contributed by atoms with Crippen molar-refractivity contribution in [3.8, 4) is 0 Å². The molecule has 0 spiro atoms. The van der Waals surface area contributed by atoms with Crippen LogP contribution in [0.3, 0.4) is 0 Å². The van der Waals surface area contributed by atoms with Crippen molar-refractivity contribution in [2.75, 3.05) is 38.1 Å². The number of rotatable bonds is 5. The number of para-hydroxylation sites is 1. The second kappa shape index (κ2) is 8.13. The molecule has 9 heteroatoms. The normalized spacial score (nSPS) is 17.3. The van der Waals surface area contributed by atoms with E-state index in [0.29, 0.717) is 18.7 Å². The van der Waals surface area contributed by atoms with Gasteiger partial charge in [0.1, 0.15) is 0 Å². The molecule has 2 fully saturated rings. The standard InChI is InChI=1S/C23H26N4O3S2/c1-16-4-3-5-20-21(16)24-23(31-20)27-14-12-26(13-15-27)22(28)17-6-10-19(11-7-17)32(29,30)25(2)18-8-9-18/h3-7,10-11,18H,8-9,12-15H2,1-2H3. The van der Waals surface area contributed by atoms with E-state index in [1.54, 1.807) is 42.6 Å². The van der Waals surface area contributed by atoms with Crippen LogP contribution >= 0.6 is 11.3 Å². The zero-order valence-electron chi connectivity index (χ0n) is 18.2. The lowest BCUT2D eigenvalue weighted by Gasteiger charge is -2.34. The molecule has 1 amide bonds. The number of anilines is 1. The Kier molecular flexibility index (Phi) is 5.43. The Morgan fingerprint density at radius 1 is 1.06 bits per heavy atom. The van der Waals surface area contributed by atoms with Gasteiger partial charge in [0, 0.05) is 44.8 Å². The molecule has 168 valence electrons. The van der Waals surface area contributed by atoms with Crippen LogP contribution in [0.4, 0.5) is 5.13 Å². The molecule has 0 bridgehead atoms. The summed E-state index contributed by atoms with van der Waals surface area (Å²) in [5.74, 6) is -0.0655. The number of carbonyl (C=O) groups is 1. The van der Waals surface area contributed by atoms with Crippen LogP contribution in [-0.4, -0.2) is 67.8 Å². The van der Waals surface area contributed by atoms with Gasteiger partial charge in [0.15, 0.2) is 5.13 Å². The lowest BCUT2D eigenvalue weighted by molar-refractivity contribution is 0.0746. The van der Waals surface area contributed by atoms with Crippen molar-refractivity contribution < 1.29 is 13.2 Å². The number of benzene rings is 2. The van der Waals surface area contributed by atoms with Crippen LogP contribution in [0.2, 0.25) is 0 Å². The molecule has 2 heterocycles. The largest absolute Gasteiger partial charge is 0.345 e. The zero-order valence-corrected chi connectivity index (χ0v) is 19.8. The Hall–Kier alpha value is -2.49. The summed E-state index contributed by atoms with van der Waals surface area (Å²) in [5.41, 5.74) is 2.74. The van der Waals surface area contributed by atoms with E-state index in [9.17, 15) is 13.2 Å². The number of sulfonamides is 1. The van der Waals surface area contributed by atoms with Gasteiger partial charge in [-0.2, -0.15) is 4.31 Å². The number of nitrogens with zero attached hydrogens (tertiary/aromatic N) is 4. The Labute approximate surface area is 192 Å². The maximum Gasteiger partial charge on any atom is 0.253 e. The number of hydrogen-bond acceptors (Lipinski definition) is 6. The minimum Gasteiger partial charge on any atom is -0.345 e. The van der Waals surface area contributed by atoms with E-state index in [4.69, 9.17) is 4.98 Å². The molecule has 1 saturated carbocycles. The summed E-state index contributed by atoms with van der Waals surface area (Å²) in [6, 6.07) is 12.7. The molecule has 7 nitrogen and oxygen atoms in total. The fourth-order valence-electron chi connectivity index (χ4n) is 4.06. The van der Waals surface area contributed by atoms with Gasteiger partial charge in [-0.15, -0.1) is 0 Å². The number of piperazine rings is 1. The summed E-state index contributed by atoms with van der Waals surface area (Å²) < 4.78 is 28.0. The van der Waals surface area contributed by atoms with Gasteiger partial charge in [0.2, 0.25) is 10.0 Å². The van der Waals surface area contributed by atoms with Crippen molar-refractivity contribution in [1.82, 2.24) is 14.2 Å². The van der Waals surface area contributed by atoms with Crippen molar-refractivity contribution >= 4 is 42.6 Å². The van der Waals surface area contributed by atoms with Crippen LogP contribution in [0.25, 0.3) is 10.2 Å². The highest BCUT2D eigenvalue weighted by Gasteiger charge is 2.35. The van der Waals surface area contributed by atoms with Crippen LogP contribution in [0.1, 0.15) is 28.8 Å². The second-order valence-corrected chi connectivity index (χ2v) is 11.5. The van der Waals surface area contributed by atoms with Gasteiger partial charge in [-0.3, -0.25) is 4.79 Å². The molecule has 0 radical (unpaired) electrons. The average molecular weight is 471 g/mol. The molecule has 0 N–H and O–H groups in total. The molecule has 1 aliphatic carbocycles. The van der Waals surface area contributed by atoms with Crippen molar-refractivity contribution in [3.05, 3.63) is 53.6 Å². The Balaban J connectivity index is 1.24. The van der Waals surface area contributed by atoms with E-state index >= 15 is 0 Å². The maximum atomic E-state index is 13.0. The number of aryl methyl sites for hydroxylation is 1. The van der Waals surface area contributed by atoms with Gasteiger partial charge in [-0.25, -0.2) is 13.4 Å². The van der Waals surface area contributed by atoms with Crippen LogP contribution < -0.4 is 4.90 Å². The van der Waals surface area contributed by atoms with Crippen molar-refractivity contribution in [2.24, 2.45) is 0 Å².